The van der Waals surface area contributed by atoms with Crippen molar-refractivity contribution in [1.82, 2.24) is 0 Å². The first-order valence-electron chi connectivity index (χ1n) is 8.23. The number of hydrogen-bond acceptors (Lipinski definition) is 0. The maximum Gasteiger partial charge on any atom is -0.0348 e. The lowest BCUT2D eigenvalue weighted by atomic mass is 10.1. The van der Waals surface area contributed by atoms with Crippen molar-refractivity contribution in [3.05, 3.63) is 24.3 Å². The van der Waals surface area contributed by atoms with Gasteiger partial charge in [-0.25, -0.2) is 0 Å². The van der Waals surface area contributed by atoms with E-state index in [0.717, 1.165) is 0 Å². The molecule has 0 rings (SSSR count). The Labute approximate surface area is 116 Å². The summed E-state index contributed by atoms with van der Waals surface area (Å²) in [5.41, 5.74) is 0. The quantitative estimate of drug-likeness (QED) is 0.248. The predicted octanol–water partition coefficient (Wildman–Crippen LogP) is 6.82. The SMILES string of the molecule is CCCCCC/C=C\C=C\CCCCCCCC. The molecule has 0 bridgehead atoms. The first-order chi connectivity index (χ1) is 8.91. The second-order valence-corrected chi connectivity index (χ2v) is 5.26. The van der Waals surface area contributed by atoms with Crippen LogP contribution in [0.5, 0.6) is 0 Å². The zero-order valence-electron chi connectivity index (χ0n) is 12.8. The second kappa shape index (κ2) is 16.5. The van der Waals surface area contributed by atoms with Crippen molar-refractivity contribution >= 4 is 0 Å². The molecule has 0 N–H and O–H groups in total. The number of rotatable bonds is 13. The van der Waals surface area contributed by atoms with Gasteiger partial charge in [0.05, 0.1) is 0 Å². The lowest BCUT2D eigenvalue weighted by molar-refractivity contribution is 0.611. The molecule has 0 saturated heterocycles. The number of allylic oxidation sites excluding steroid dienone is 4. The summed E-state index contributed by atoms with van der Waals surface area (Å²) in [5, 5.41) is 0. The Morgan fingerprint density at radius 3 is 1.39 bits per heavy atom. The maximum atomic E-state index is 2.32. The van der Waals surface area contributed by atoms with Crippen molar-refractivity contribution in [3.63, 3.8) is 0 Å². The summed E-state index contributed by atoms with van der Waals surface area (Å²) in [5.74, 6) is 0. The van der Waals surface area contributed by atoms with E-state index >= 15 is 0 Å². The molecule has 0 heteroatoms. The van der Waals surface area contributed by atoms with Gasteiger partial charge in [-0.2, -0.15) is 0 Å². The number of unbranched alkanes of at least 4 members (excludes halogenated alkanes) is 10. The highest BCUT2D eigenvalue weighted by atomic mass is 13.9. The fourth-order valence-corrected chi connectivity index (χ4v) is 2.08. The smallest absolute Gasteiger partial charge is 0.0348 e. The molecule has 0 fully saturated rings. The van der Waals surface area contributed by atoms with E-state index in [-0.39, 0.29) is 0 Å². The summed E-state index contributed by atoms with van der Waals surface area (Å²) in [4.78, 5) is 0. The fourth-order valence-electron chi connectivity index (χ4n) is 2.08. The van der Waals surface area contributed by atoms with E-state index in [1.165, 1.54) is 77.0 Å². The van der Waals surface area contributed by atoms with Crippen molar-refractivity contribution < 1.29 is 0 Å². The van der Waals surface area contributed by atoms with E-state index in [2.05, 4.69) is 38.2 Å². The van der Waals surface area contributed by atoms with Crippen molar-refractivity contribution in [1.29, 1.82) is 0 Å². The van der Waals surface area contributed by atoms with Gasteiger partial charge >= 0.3 is 0 Å². The van der Waals surface area contributed by atoms with E-state index < -0.39 is 0 Å². The average molecular weight is 250 g/mol. The highest BCUT2D eigenvalue weighted by molar-refractivity contribution is 5.02. The zero-order chi connectivity index (χ0) is 13.3. The first kappa shape index (κ1) is 17.5. The summed E-state index contributed by atoms with van der Waals surface area (Å²) < 4.78 is 0. The molecule has 0 heterocycles. The van der Waals surface area contributed by atoms with Gasteiger partial charge in [0.25, 0.3) is 0 Å². The Hall–Kier alpha value is -0.520. The molecule has 0 radical (unpaired) electrons. The third kappa shape index (κ3) is 15.5. The van der Waals surface area contributed by atoms with Crippen LogP contribution in [-0.2, 0) is 0 Å². The molecule has 0 atom stereocenters. The van der Waals surface area contributed by atoms with E-state index in [1.54, 1.807) is 0 Å². The van der Waals surface area contributed by atoms with Crippen LogP contribution in [-0.4, -0.2) is 0 Å². The van der Waals surface area contributed by atoms with E-state index in [0.29, 0.717) is 0 Å². The standard InChI is InChI=1S/C18H34/c1-3-5-7-9-11-13-15-17-18-16-14-12-10-8-6-4-2/h13,15,17-18H,3-12,14,16H2,1-2H3/b15-13-,18-17+. The van der Waals surface area contributed by atoms with Crippen molar-refractivity contribution in [2.75, 3.05) is 0 Å². The van der Waals surface area contributed by atoms with E-state index in [9.17, 15) is 0 Å². The van der Waals surface area contributed by atoms with Crippen LogP contribution >= 0.6 is 0 Å². The fraction of sp³-hybridized carbons (Fsp3) is 0.778. The molecule has 0 spiro atoms. The summed E-state index contributed by atoms with van der Waals surface area (Å²) in [6.07, 6.45) is 25.5. The van der Waals surface area contributed by atoms with Gasteiger partial charge in [0, 0.05) is 0 Å². The van der Waals surface area contributed by atoms with E-state index in [1.807, 2.05) is 0 Å². The van der Waals surface area contributed by atoms with Gasteiger partial charge in [0.2, 0.25) is 0 Å². The summed E-state index contributed by atoms with van der Waals surface area (Å²) in [7, 11) is 0. The van der Waals surface area contributed by atoms with E-state index in [4.69, 9.17) is 0 Å². The van der Waals surface area contributed by atoms with Crippen LogP contribution in [0.25, 0.3) is 0 Å². The Morgan fingerprint density at radius 2 is 0.889 bits per heavy atom. The molecule has 0 saturated carbocycles. The molecule has 106 valence electrons. The molecule has 0 aliphatic heterocycles. The van der Waals surface area contributed by atoms with Gasteiger partial charge in [-0.15, -0.1) is 0 Å². The molecule has 18 heavy (non-hydrogen) atoms. The molecular formula is C18H34. The van der Waals surface area contributed by atoms with Crippen LogP contribution in [0.1, 0.15) is 90.9 Å². The van der Waals surface area contributed by atoms with Gasteiger partial charge < -0.3 is 0 Å². The lowest BCUT2D eigenvalue weighted by Crippen LogP contribution is -1.77. The first-order valence-corrected chi connectivity index (χ1v) is 8.23. The van der Waals surface area contributed by atoms with Gasteiger partial charge in [0.15, 0.2) is 0 Å². The zero-order valence-corrected chi connectivity index (χ0v) is 12.8. The van der Waals surface area contributed by atoms with Gasteiger partial charge in [-0.05, 0) is 25.7 Å². The molecule has 0 nitrogen and oxygen atoms in total. The lowest BCUT2D eigenvalue weighted by Gasteiger charge is -1.97. The van der Waals surface area contributed by atoms with Crippen molar-refractivity contribution in [3.8, 4) is 0 Å². The van der Waals surface area contributed by atoms with Crippen LogP contribution in [0.4, 0.5) is 0 Å². The van der Waals surface area contributed by atoms with Gasteiger partial charge in [0.1, 0.15) is 0 Å². The Morgan fingerprint density at radius 1 is 0.500 bits per heavy atom. The Bertz CT molecular complexity index is 188. The molecule has 0 unspecified atom stereocenters. The third-order valence-corrected chi connectivity index (χ3v) is 3.33. The third-order valence-electron chi connectivity index (χ3n) is 3.33. The molecule has 0 aromatic heterocycles. The molecule has 0 amide bonds. The molecule has 0 aliphatic carbocycles. The van der Waals surface area contributed by atoms with Crippen molar-refractivity contribution in [2.24, 2.45) is 0 Å². The Balaban J connectivity index is 3.14. The van der Waals surface area contributed by atoms with Crippen LogP contribution < -0.4 is 0 Å². The van der Waals surface area contributed by atoms with Gasteiger partial charge in [-0.1, -0.05) is 89.5 Å². The molecular weight excluding hydrogens is 216 g/mol. The summed E-state index contributed by atoms with van der Waals surface area (Å²) in [6.45, 7) is 4.54. The highest BCUT2D eigenvalue weighted by Crippen LogP contribution is 2.07. The van der Waals surface area contributed by atoms with Crippen molar-refractivity contribution in [2.45, 2.75) is 90.9 Å². The Kier molecular flexibility index (Phi) is 16.0. The van der Waals surface area contributed by atoms with Crippen LogP contribution in [0.15, 0.2) is 24.3 Å². The van der Waals surface area contributed by atoms with Crippen LogP contribution in [0.2, 0.25) is 0 Å². The van der Waals surface area contributed by atoms with Crippen LogP contribution in [0.3, 0.4) is 0 Å². The predicted molar refractivity (Wildman–Crippen MR) is 85.0 cm³/mol. The average Bonchev–Trinajstić information content (AvgIpc) is 2.39. The molecule has 0 aromatic rings. The number of hydrogen-bond donors (Lipinski definition) is 0. The van der Waals surface area contributed by atoms with Gasteiger partial charge in [-0.3, -0.25) is 0 Å². The summed E-state index contributed by atoms with van der Waals surface area (Å²) in [6, 6.07) is 0. The molecule has 0 aromatic carbocycles. The normalized spacial score (nSPS) is 11.9. The minimum absolute atomic E-state index is 1.25. The monoisotopic (exact) mass is 250 g/mol. The van der Waals surface area contributed by atoms with Crippen LogP contribution in [0, 0.1) is 0 Å². The topological polar surface area (TPSA) is 0 Å². The summed E-state index contributed by atoms with van der Waals surface area (Å²) >= 11 is 0. The molecule has 0 aliphatic rings. The minimum Gasteiger partial charge on any atom is -0.0845 e. The second-order valence-electron chi connectivity index (χ2n) is 5.26. The maximum absolute atomic E-state index is 2.32. The highest BCUT2D eigenvalue weighted by Gasteiger charge is 1.87. The largest absolute Gasteiger partial charge is 0.0845 e. The minimum atomic E-state index is 1.25.